The number of hydrogen-bond donors (Lipinski definition) is 0. The fraction of sp³-hybridized carbons (Fsp3) is 0.824. The number of rotatable bonds is 5. The van der Waals surface area contributed by atoms with Crippen LogP contribution in [0.4, 0.5) is 0 Å². The summed E-state index contributed by atoms with van der Waals surface area (Å²) < 4.78 is 13.4. The monoisotopic (exact) mass is 352 g/mol. The molecule has 0 aliphatic carbocycles. The third kappa shape index (κ3) is 4.13. The third-order valence-corrected chi connectivity index (χ3v) is 6.21. The summed E-state index contributed by atoms with van der Waals surface area (Å²) in [6, 6.07) is 0. The molecule has 3 heterocycles. The van der Waals surface area contributed by atoms with Gasteiger partial charge in [-0.2, -0.15) is 8.75 Å². The van der Waals surface area contributed by atoms with E-state index in [1.165, 1.54) is 25.9 Å². The minimum atomic E-state index is 0.0640. The number of carbonyl (C=O) groups excluding carboxylic acids is 1. The van der Waals surface area contributed by atoms with Crippen LogP contribution in [0.2, 0.25) is 0 Å². The minimum Gasteiger partial charge on any atom is -0.383 e. The highest BCUT2D eigenvalue weighted by Crippen LogP contribution is 2.32. The van der Waals surface area contributed by atoms with Gasteiger partial charge in [0.1, 0.15) is 0 Å². The van der Waals surface area contributed by atoms with Crippen molar-refractivity contribution < 1.29 is 9.53 Å². The van der Waals surface area contributed by atoms with Crippen LogP contribution in [-0.4, -0.2) is 70.9 Å². The first-order valence-corrected chi connectivity index (χ1v) is 9.71. The first-order valence-electron chi connectivity index (χ1n) is 8.98. The molecule has 1 aromatic heterocycles. The maximum Gasteiger partial charge on any atom is 0.275 e. The normalized spacial score (nSPS) is 21.3. The highest BCUT2D eigenvalue weighted by atomic mass is 32.1. The maximum absolute atomic E-state index is 12.5. The molecule has 0 spiro atoms. The van der Waals surface area contributed by atoms with Crippen LogP contribution in [0.1, 0.15) is 41.9 Å². The van der Waals surface area contributed by atoms with Gasteiger partial charge in [0.15, 0.2) is 5.69 Å². The summed E-state index contributed by atoms with van der Waals surface area (Å²) in [6.07, 6.45) is 4.84. The molecule has 0 saturated carbocycles. The number of amides is 1. The molecular weight excluding hydrogens is 324 g/mol. The maximum atomic E-state index is 12.5. The highest BCUT2D eigenvalue weighted by Gasteiger charge is 2.31. The summed E-state index contributed by atoms with van der Waals surface area (Å²) in [6.45, 7) is 7.86. The van der Waals surface area contributed by atoms with Crippen LogP contribution in [-0.2, 0) is 4.74 Å². The van der Waals surface area contributed by atoms with Crippen LogP contribution in [0.3, 0.4) is 0 Å². The van der Waals surface area contributed by atoms with Crippen molar-refractivity contribution >= 4 is 17.6 Å². The van der Waals surface area contributed by atoms with E-state index < -0.39 is 0 Å². The van der Waals surface area contributed by atoms with Crippen LogP contribution in [0, 0.1) is 18.8 Å². The predicted octanol–water partition coefficient (Wildman–Crippen LogP) is 2.06. The molecule has 0 aromatic carbocycles. The van der Waals surface area contributed by atoms with Gasteiger partial charge in [0, 0.05) is 26.7 Å². The van der Waals surface area contributed by atoms with Gasteiger partial charge in [-0.25, -0.2) is 0 Å². The molecule has 0 bridgehead atoms. The molecule has 2 saturated heterocycles. The van der Waals surface area contributed by atoms with Gasteiger partial charge in [-0.15, -0.1) is 0 Å². The van der Waals surface area contributed by atoms with Crippen molar-refractivity contribution in [3.63, 3.8) is 0 Å². The van der Waals surface area contributed by atoms with Gasteiger partial charge in [-0.1, -0.05) is 0 Å². The number of methoxy groups -OCH3 is 1. The molecule has 0 atom stereocenters. The van der Waals surface area contributed by atoms with E-state index in [4.69, 9.17) is 4.74 Å². The lowest BCUT2D eigenvalue weighted by atomic mass is 9.79. The first-order chi connectivity index (χ1) is 11.7. The van der Waals surface area contributed by atoms with Crippen molar-refractivity contribution in [2.45, 2.75) is 32.6 Å². The van der Waals surface area contributed by atoms with Gasteiger partial charge in [0.05, 0.1) is 24.0 Å². The Morgan fingerprint density at radius 3 is 2.29 bits per heavy atom. The number of hydrogen-bond acceptors (Lipinski definition) is 6. The molecule has 0 unspecified atom stereocenters. The van der Waals surface area contributed by atoms with Gasteiger partial charge in [-0.05, 0) is 57.5 Å². The van der Waals surface area contributed by atoms with E-state index in [1.807, 2.05) is 11.8 Å². The van der Waals surface area contributed by atoms with Gasteiger partial charge in [0.2, 0.25) is 0 Å². The van der Waals surface area contributed by atoms with Gasteiger partial charge in [-0.3, -0.25) is 4.79 Å². The summed E-state index contributed by atoms with van der Waals surface area (Å²) in [4.78, 5) is 17.0. The molecule has 24 heavy (non-hydrogen) atoms. The minimum absolute atomic E-state index is 0.0640. The summed E-state index contributed by atoms with van der Waals surface area (Å²) in [5.41, 5.74) is 1.31. The van der Waals surface area contributed by atoms with E-state index in [-0.39, 0.29) is 5.91 Å². The molecule has 7 heteroatoms. The Labute approximate surface area is 148 Å². The molecule has 2 aliphatic rings. The van der Waals surface area contributed by atoms with E-state index in [9.17, 15) is 4.79 Å². The second-order valence-corrected chi connectivity index (χ2v) is 7.53. The third-order valence-electron chi connectivity index (χ3n) is 5.59. The number of aryl methyl sites for hydroxylation is 1. The molecule has 0 N–H and O–H groups in total. The van der Waals surface area contributed by atoms with Crippen molar-refractivity contribution in [1.82, 2.24) is 18.5 Å². The van der Waals surface area contributed by atoms with Crippen molar-refractivity contribution in [2.75, 3.05) is 46.4 Å². The lowest BCUT2D eigenvalue weighted by Crippen LogP contribution is -2.43. The van der Waals surface area contributed by atoms with E-state index in [1.54, 1.807) is 7.11 Å². The highest BCUT2D eigenvalue weighted by molar-refractivity contribution is 6.99. The second kappa shape index (κ2) is 8.36. The second-order valence-electron chi connectivity index (χ2n) is 7.00. The Kier molecular flexibility index (Phi) is 6.19. The molecule has 1 aromatic rings. The van der Waals surface area contributed by atoms with Crippen LogP contribution in [0.15, 0.2) is 0 Å². The Balaban J connectivity index is 1.44. The van der Waals surface area contributed by atoms with Crippen LogP contribution >= 0.6 is 11.7 Å². The zero-order valence-corrected chi connectivity index (χ0v) is 15.6. The molecule has 6 nitrogen and oxygen atoms in total. The Morgan fingerprint density at radius 1 is 1.12 bits per heavy atom. The molecule has 2 fully saturated rings. The molecule has 1 amide bonds. The van der Waals surface area contributed by atoms with Crippen LogP contribution in [0.25, 0.3) is 0 Å². The lowest BCUT2D eigenvalue weighted by Gasteiger charge is -2.40. The largest absolute Gasteiger partial charge is 0.383 e. The molecular formula is C17H28N4O2S. The summed E-state index contributed by atoms with van der Waals surface area (Å²) >= 11 is 1.13. The summed E-state index contributed by atoms with van der Waals surface area (Å²) in [5, 5.41) is 0. The van der Waals surface area contributed by atoms with Crippen LogP contribution < -0.4 is 0 Å². The van der Waals surface area contributed by atoms with E-state index in [0.717, 1.165) is 68.3 Å². The SMILES string of the molecule is COCCN1CCC(C2CCN(C(=O)c3nsnc3C)CC2)CC1. The quantitative estimate of drug-likeness (QED) is 0.812. The number of piperidine rings is 2. The van der Waals surface area contributed by atoms with Crippen molar-refractivity contribution in [3.05, 3.63) is 11.4 Å². The summed E-state index contributed by atoms with van der Waals surface area (Å²) in [5.74, 6) is 1.66. The van der Waals surface area contributed by atoms with Gasteiger partial charge in [0.25, 0.3) is 5.91 Å². The zero-order chi connectivity index (χ0) is 16.9. The van der Waals surface area contributed by atoms with Crippen molar-refractivity contribution in [3.8, 4) is 0 Å². The molecule has 134 valence electrons. The van der Waals surface area contributed by atoms with E-state index in [0.29, 0.717) is 5.69 Å². The van der Waals surface area contributed by atoms with Gasteiger partial charge < -0.3 is 14.5 Å². The number of aromatic nitrogens is 2. The predicted molar refractivity (Wildman–Crippen MR) is 94.3 cm³/mol. The summed E-state index contributed by atoms with van der Waals surface area (Å²) in [7, 11) is 1.77. The van der Waals surface area contributed by atoms with Crippen molar-refractivity contribution in [2.24, 2.45) is 11.8 Å². The Morgan fingerprint density at radius 2 is 1.75 bits per heavy atom. The number of ether oxygens (including phenoxy) is 1. The fourth-order valence-corrected chi connectivity index (χ4v) is 4.56. The van der Waals surface area contributed by atoms with Gasteiger partial charge >= 0.3 is 0 Å². The number of carbonyl (C=O) groups is 1. The molecule has 2 aliphatic heterocycles. The number of nitrogens with zero attached hydrogens (tertiary/aromatic N) is 4. The fourth-order valence-electron chi connectivity index (χ4n) is 4.02. The number of likely N-dealkylation sites (tertiary alicyclic amines) is 2. The lowest BCUT2D eigenvalue weighted by molar-refractivity contribution is 0.0575. The molecule has 3 rings (SSSR count). The zero-order valence-electron chi connectivity index (χ0n) is 14.7. The van der Waals surface area contributed by atoms with Crippen LogP contribution in [0.5, 0.6) is 0 Å². The first kappa shape index (κ1) is 17.8. The smallest absolute Gasteiger partial charge is 0.275 e. The average molecular weight is 353 g/mol. The topological polar surface area (TPSA) is 58.6 Å². The Bertz CT molecular complexity index is 534. The molecule has 0 radical (unpaired) electrons. The average Bonchev–Trinajstić information content (AvgIpc) is 3.06. The van der Waals surface area contributed by atoms with E-state index >= 15 is 0 Å². The standard InChI is InChI=1S/C17H28N4O2S/c1-13-16(19-24-18-13)17(22)21-9-5-15(6-10-21)14-3-7-20(8-4-14)11-12-23-2/h14-15H,3-12H2,1-2H3. The van der Waals surface area contributed by atoms with Crippen molar-refractivity contribution in [1.29, 1.82) is 0 Å². The van der Waals surface area contributed by atoms with E-state index in [2.05, 4.69) is 13.6 Å². The Hall–Kier alpha value is -1.05.